The Morgan fingerprint density at radius 3 is 2.00 bits per heavy atom. The minimum Gasteiger partial charge on any atom is -0.456 e. The number of nitrogens with zero attached hydrogens (tertiary/aromatic N) is 5. The number of fused-ring (bicyclic) bond motifs is 4. The SMILES string of the molecule is CC(=O)N(C)S(=O)(=O)c1ccccc1-c1c2ccc(=[N+]3CCc4cc(S(=O)(=O)NCCC[N+](C)(C)C)ccc43)cc-2oc2cc(N3CCc4cc(S(=O)(=O)NCCC[N+](C)(C)C)ccc43)ccc12. The Hall–Kier alpha value is -5.47. The molecule has 0 saturated heterocycles. The van der Waals surface area contributed by atoms with E-state index in [1.807, 2.05) is 48.5 Å². The van der Waals surface area contributed by atoms with E-state index in [9.17, 15) is 30.0 Å². The number of hydrogen-bond acceptors (Lipinski definition) is 9. The highest BCUT2D eigenvalue weighted by Crippen LogP contribution is 2.45. The molecule has 0 unspecified atom stereocenters. The van der Waals surface area contributed by atoms with Gasteiger partial charge in [0.15, 0.2) is 6.54 Å². The molecule has 0 saturated carbocycles. The smallest absolute Gasteiger partial charge is 0.266 e. The molecule has 15 nitrogen and oxygen atoms in total. The number of quaternary nitrogens is 2. The fourth-order valence-electron chi connectivity index (χ4n) is 9.02. The van der Waals surface area contributed by atoms with Gasteiger partial charge in [0.05, 0.1) is 76.1 Å². The van der Waals surface area contributed by atoms with E-state index in [0.717, 1.165) is 59.9 Å². The molecule has 0 spiro atoms. The van der Waals surface area contributed by atoms with Crippen LogP contribution in [-0.4, -0.2) is 133 Å². The normalized spacial score (nSPS) is 15.3. The third kappa shape index (κ3) is 10.1. The van der Waals surface area contributed by atoms with Crippen molar-refractivity contribution in [3.63, 3.8) is 0 Å². The molecule has 4 aliphatic rings. The van der Waals surface area contributed by atoms with Gasteiger partial charge < -0.3 is 18.3 Å². The average Bonchev–Trinajstić information content (AvgIpc) is 3.91. The first-order valence-electron chi connectivity index (χ1n) is 22.8. The van der Waals surface area contributed by atoms with Crippen LogP contribution in [0.25, 0.3) is 33.4 Å². The van der Waals surface area contributed by atoms with Crippen molar-refractivity contribution in [2.24, 2.45) is 0 Å². The molecule has 2 N–H and O–H groups in total. The van der Waals surface area contributed by atoms with Gasteiger partial charge in [-0.2, -0.15) is 4.58 Å². The van der Waals surface area contributed by atoms with E-state index in [2.05, 4.69) is 61.2 Å². The lowest BCUT2D eigenvalue weighted by Gasteiger charge is -2.23. The lowest BCUT2D eigenvalue weighted by Crippen LogP contribution is -2.37. The summed E-state index contributed by atoms with van der Waals surface area (Å²) < 4.78 is 98.1. The van der Waals surface area contributed by atoms with Gasteiger partial charge in [0, 0.05) is 110 Å². The number of amides is 1. The second-order valence-electron chi connectivity index (χ2n) is 19.7. The number of nitrogens with one attached hydrogen (secondary N) is 2. The number of carbonyl (C=O) groups excluding carboxylic acids is 1. The molecule has 3 heterocycles. The molecule has 1 aliphatic carbocycles. The molecular weight excluding hydrogens is 923 g/mol. The van der Waals surface area contributed by atoms with E-state index in [1.165, 1.54) is 20.0 Å². The van der Waals surface area contributed by atoms with Crippen LogP contribution < -0.4 is 24.3 Å². The summed E-state index contributed by atoms with van der Waals surface area (Å²) >= 11 is 0. The van der Waals surface area contributed by atoms with E-state index in [-0.39, 0.29) is 14.7 Å². The molecule has 4 aromatic rings. The lowest BCUT2D eigenvalue weighted by molar-refractivity contribution is -0.870. The number of hydrogen-bond donors (Lipinski definition) is 2. The summed E-state index contributed by atoms with van der Waals surface area (Å²) in [6.45, 7) is 4.75. The number of anilines is 2. The Kier molecular flexibility index (Phi) is 13.3. The number of rotatable bonds is 16. The summed E-state index contributed by atoms with van der Waals surface area (Å²) in [4.78, 5) is 15.0. The van der Waals surface area contributed by atoms with Crippen LogP contribution in [0.4, 0.5) is 17.1 Å². The van der Waals surface area contributed by atoms with Crippen molar-refractivity contribution < 1.29 is 43.4 Å². The zero-order valence-electron chi connectivity index (χ0n) is 40.0. The van der Waals surface area contributed by atoms with Gasteiger partial charge in [0.2, 0.25) is 37.0 Å². The van der Waals surface area contributed by atoms with Crippen LogP contribution in [0.1, 0.15) is 30.9 Å². The van der Waals surface area contributed by atoms with Crippen LogP contribution in [0.3, 0.4) is 0 Å². The Bertz CT molecular complexity index is 3340. The van der Waals surface area contributed by atoms with Gasteiger partial charge in [-0.3, -0.25) is 4.79 Å². The van der Waals surface area contributed by atoms with Crippen LogP contribution in [0.15, 0.2) is 116 Å². The van der Waals surface area contributed by atoms with Gasteiger partial charge in [-0.25, -0.2) is 39.0 Å². The first-order chi connectivity index (χ1) is 31.9. The topological polar surface area (TPSA) is 166 Å². The highest BCUT2D eigenvalue weighted by Gasteiger charge is 2.32. The van der Waals surface area contributed by atoms with Crippen molar-refractivity contribution in [2.45, 2.75) is 47.3 Å². The maximum atomic E-state index is 14.1. The van der Waals surface area contributed by atoms with Crippen LogP contribution >= 0.6 is 0 Å². The second kappa shape index (κ2) is 18.5. The van der Waals surface area contributed by atoms with Crippen molar-refractivity contribution in [3.05, 3.63) is 114 Å². The van der Waals surface area contributed by atoms with E-state index >= 15 is 0 Å². The van der Waals surface area contributed by atoms with Crippen LogP contribution in [0.5, 0.6) is 0 Å². The van der Waals surface area contributed by atoms with Gasteiger partial charge in [0.25, 0.3) is 10.0 Å². The predicted molar refractivity (Wildman–Crippen MR) is 266 cm³/mol. The Morgan fingerprint density at radius 1 is 0.721 bits per heavy atom. The molecule has 0 aromatic heterocycles. The van der Waals surface area contributed by atoms with Crippen LogP contribution in [-0.2, 0) is 47.7 Å². The molecule has 4 aromatic carbocycles. The zero-order chi connectivity index (χ0) is 49.0. The Morgan fingerprint density at radius 2 is 1.35 bits per heavy atom. The fourth-order valence-corrected chi connectivity index (χ4v) is 12.6. The molecule has 0 fully saturated rings. The molecule has 0 radical (unpaired) electrons. The maximum Gasteiger partial charge on any atom is 0.266 e. The third-order valence-corrected chi connectivity index (χ3v) is 17.5. The summed E-state index contributed by atoms with van der Waals surface area (Å²) in [5.74, 6) is -0.151. The third-order valence-electron chi connectivity index (χ3n) is 12.7. The minimum atomic E-state index is -4.28. The highest BCUT2D eigenvalue weighted by atomic mass is 32.2. The van der Waals surface area contributed by atoms with Crippen LogP contribution in [0.2, 0.25) is 0 Å². The second-order valence-corrected chi connectivity index (χ2v) is 25.2. The summed E-state index contributed by atoms with van der Waals surface area (Å²) in [6.07, 6.45) is 2.66. The molecule has 0 atom stereocenters. The Labute approximate surface area is 400 Å². The quantitative estimate of drug-likeness (QED) is 0.0554. The van der Waals surface area contributed by atoms with Crippen molar-refractivity contribution in [3.8, 4) is 22.5 Å². The van der Waals surface area contributed by atoms with Gasteiger partial charge in [-0.1, -0.05) is 18.2 Å². The minimum absolute atomic E-state index is 0.0381. The first-order valence-corrected chi connectivity index (χ1v) is 27.2. The van der Waals surface area contributed by atoms with Crippen molar-refractivity contribution in [1.29, 1.82) is 0 Å². The van der Waals surface area contributed by atoms with Crippen molar-refractivity contribution in [1.82, 2.24) is 18.3 Å². The largest absolute Gasteiger partial charge is 0.456 e. The molecule has 68 heavy (non-hydrogen) atoms. The standard InChI is InChI=1S/C50H62N7O8S3/c1-35(58)53(2)68(63,64)49-14-10-9-13-44(49)50-42-19-15-38(54-27-23-36-31-40(17-21-45(36)54)66(59,60)51-25-11-29-56(3,4)5)33-47(42)65-48-34-39(16-20-43(48)50)55-28-24-37-32-41(18-22-46(37)55)67(61,62)52-26-12-30-57(6,7)8/h9-10,13-22,31-34,51-52H,11-12,23-30H2,1-8H3/q+3. The first kappa shape index (κ1) is 49.0. The fraction of sp³-hybridized carbons (Fsp3) is 0.360. The van der Waals surface area contributed by atoms with Crippen molar-refractivity contribution >= 4 is 64.0 Å². The van der Waals surface area contributed by atoms with E-state index < -0.39 is 36.0 Å². The summed E-state index contributed by atoms with van der Waals surface area (Å²) in [6, 6.07) is 28.6. The number of sulfonamides is 3. The van der Waals surface area contributed by atoms with Gasteiger partial charge in [-0.15, -0.1) is 0 Å². The average molecular weight is 985 g/mol. The van der Waals surface area contributed by atoms with Gasteiger partial charge in [0.1, 0.15) is 11.3 Å². The molecule has 360 valence electrons. The molecule has 3 aliphatic heterocycles. The molecule has 8 rings (SSSR count). The van der Waals surface area contributed by atoms with Gasteiger partial charge in [-0.05, 0) is 66.6 Å². The summed E-state index contributed by atoms with van der Waals surface area (Å²) in [5.41, 5.74) is 6.47. The van der Waals surface area contributed by atoms with Crippen molar-refractivity contribution in [2.75, 3.05) is 93.5 Å². The summed E-state index contributed by atoms with van der Waals surface area (Å²) in [5, 5.41) is 1.44. The lowest BCUT2D eigenvalue weighted by atomic mass is 9.93. The summed E-state index contributed by atoms with van der Waals surface area (Å²) in [7, 11) is 1.97. The monoisotopic (exact) mass is 984 g/mol. The highest BCUT2D eigenvalue weighted by molar-refractivity contribution is 7.90. The van der Waals surface area contributed by atoms with E-state index in [4.69, 9.17) is 4.42 Å². The molecule has 1 amide bonds. The molecular formula is C50H62N7O8S3+3. The van der Waals surface area contributed by atoms with Gasteiger partial charge >= 0.3 is 0 Å². The van der Waals surface area contributed by atoms with E-state index in [1.54, 1.807) is 42.5 Å². The number of carbonyl (C=O) groups is 1. The number of benzene rings is 5. The maximum absolute atomic E-state index is 14.1. The van der Waals surface area contributed by atoms with Crippen LogP contribution in [0, 0.1) is 0 Å². The molecule has 18 heteroatoms. The molecule has 0 bridgehead atoms. The van der Waals surface area contributed by atoms with E-state index in [0.29, 0.717) is 85.3 Å². The zero-order valence-corrected chi connectivity index (χ0v) is 42.5. The Balaban J connectivity index is 1.21. The predicted octanol–water partition coefficient (Wildman–Crippen LogP) is 5.48.